The van der Waals surface area contributed by atoms with Gasteiger partial charge in [-0.15, -0.1) is 0 Å². The summed E-state index contributed by atoms with van der Waals surface area (Å²) < 4.78 is 5.93. The number of benzene rings is 2. The quantitative estimate of drug-likeness (QED) is 0.684. The molecular weight excluding hydrogens is 296 g/mol. The highest BCUT2D eigenvalue weighted by Gasteiger charge is 2.06. The number of nitrogens with zero attached hydrogens (tertiary/aromatic N) is 2. The Hall–Kier alpha value is -3.12. The zero-order valence-electron chi connectivity index (χ0n) is 13.8. The monoisotopic (exact) mass is 314 g/mol. The molecule has 3 rings (SSSR count). The van der Waals surface area contributed by atoms with Crippen LogP contribution < -0.4 is 4.74 Å². The first-order valence-corrected chi connectivity index (χ1v) is 7.84. The zero-order chi connectivity index (χ0) is 16.9. The Labute approximate surface area is 142 Å². The molecule has 0 N–H and O–H groups in total. The first kappa shape index (κ1) is 15.8. The van der Waals surface area contributed by atoms with Crippen molar-refractivity contribution in [2.24, 2.45) is 0 Å². The SMILES string of the molecule is Cc1cc(Cc2ccc(C#N)c(C)n2)cc(Oc2ccccc2)c1. The molecule has 0 aliphatic carbocycles. The third kappa shape index (κ3) is 3.80. The maximum absolute atomic E-state index is 9.01. The molecule has 0 unspecified atom stereocenters. The van der Waals surface area contributed by atoms with Gasteiger partial charge < -0.3 is 4.74 Å². The van der Waals surface area contributed by atoms with Crippen LogP contribution in [0.2, 0.25) is 0 Å². The predicted octanol–water partition coefficient (Wildman–Crippen LogP) is 4.95. The Morgan fingerprint density at radius 1 is 0.958 bits per heavy atom. The topological polar surface area (TPSA) is 45.9 Å². The third-order valence-electron chi connectivity index (χ3n) is 3.74. The van der Waals surface area contributed by atoms with E-state index in [2.05, 4.69) is 24.0 Å². The molecule has 0 spiro atoms. The van der Waals surface area contributed by atoms with Gasteiger partial charge in [0.2, 0.25) is 0 Å². The van der Waals surface area contributed by atoms with Crippen LogP contribution in [0, 0.1) is 25.2 Å². The van der Waals surface area contributed by atoms with Crippen molar-refractivity contribution in [2.45, 2.75) is 20.3 Å². The maximum atomic E-state index is 9.01. The van der Waals surface area contributed by atoms with Crippen molar-refractivity contribution >= 4 is 0 Å². The van der Waals surface area contributed by atoms with E-state index in [9.17, 15) is 0 Å². The molecule has 0 bridgehead atoms. The highest BCUT2D eigenvalue weighted by Crippen LogP contribution is 2.24. The molecule has 0 radical (unpaired) electrons. The van der Waals surface area contributed by atoms with Gasteiger partial charge in [-0.2, -0.15) is 5.26 Å². The fourth-order valence-corrected chi connectivity index (χ4v) is 2.65. The normalized spacial score (nSPS) is 10.2. The molecule has 2 aromatic carbocycles. The van der Waals surface area contributed by atoms with E-state index in [-0.39, 0.29) is 0 Å². The van der Waals surface area contributed by atoms with Crippen molar-refractivity contribution in [1.82, 2.24) is 4.98 Å². The smallest absolute Gasteiger partial charge is 0.127 e. The van der Waals surface area contributed by atoms with Gasteiger partial charge in [0, 0.05) is 12.1 Å². The fraction of sp³-hybridized carbons (Fsp3) is 0.143. The Morgan fingerprint density at radius 3 is 2.46 bits per heavy atom. The average Bonchev–Trinajstić information content (AvgIpc) is 2.55. The number of pyridine rings is 1. The summed E-state index contributed by atoms with van der Waals surface area (Å²) in [6.45, 7) is 3.92. The Bertz CT molecular complexity index is 895. The van der Waals surface area contributed by atoms with Gasteiger partial charge in [0.1, 0.15) is 17.6 Å². The number of hydrogen-bond donors (Lipinski definition) is 0. The second-order valence-electron chi connectivity index (χ2n) is 5.79. The number of aryl methyl sites for hydroxylation is 2. The molecule has 0 amide bonds. The number of aromatic nitrogens is 1. The van der Waals surface area contributed by atoms with E-state index in [1.54, 1.807) is 0 Å². The van der Waals surface area contributed by atoms with Gasteiger partial charge >= 0.3 is 0 Å². The summed E-state index contributed by atoms with van der Waals surface area (Å²) in [6.07, 6.45) is 0.708. The van der Waals surface area contributed by atoms with Crippen LogP contribution in [0.3, 0.4) is 0 Å². The van der Waals surface area contributed by atoms with Crippen LogP contribution in [-0.2, 0) is 6.42 Å². The summed E-state index contributed by atoms with van der Waals surface area (Å²) in [4.78, 5) is 4.52. The largest absolute Gasteiger partial charge is 0.457 e. The molecular formula is C21H18N2O. The van der Waals surface area contributed by atoms with Crippen LogP contribution in [0.5, 0.6) is 11.5 Å². The van der Waals surface area contributed by atoms with Gasteiger partial charge in [-0.05, 0) is 61.4 Å². The first-order chi connectivity index (χ1) is 11.6. The fourth-order valence-electron chi connectivity index (χ4n) is 2.65. The van der Waals surface area contributed by atoms with E-state index >= 15 is 0 Å². The van der Waals surface area contributed by atoms with Crippen molar-refractivity contribution in [2.75, 3.05) is 0 Å². The van der Waals surface area contributed by atoms with E-state index < -0.39 is 0 Å². The lowest BCUT2D eigenvalue weighted by Crippen LogP contribution is -1.97. The van der Waals surface area contributed by atoms with E-state index in [1.165, 1.54) is 0 Å². The van der Waals surface area contributed by atoms with Gasteiger partial charge in [0.15, 0.2) is 0 Å². The van der Waals surface area contributed by atoms with Gasteiger partial charge in [-0.3, -0.25) is 4.98 Å². The van der Waals surface area contributed by atoms with Gasteiger partial charge in [-0.25, -0.2) is 0 Å². The summed E-state index contributed by atoms with van der Waals surface area (Å²) in [6, 6.07) is 21.8. The van der Waals surface area contributed by atoms with Crippen LogP contribution >= 0.6 is 0 Å². The minimum absolute atomic E-state index is 0.621. The van der Waals surface area contributed by atoms with Crippen molar-refractivity contribution in [1.29, 1.82) is 5.26 Å². The molecule has 0 atom stereocenters. The number of rotatable bonds is 4. The highest BCUT2D eigenvalue weighted by atomic mass is 16.5. The van der Waals surface area contributed by atoms with Crippen molar-refractivity contribution < 1.29 is 4.74 Å². The van der Waals surface area contributed by atoms with Crippen LogP contribution in [0.15, 0.2) is 60.7 Å². The van der Waals surface area contributed by atoms with E-state index in [1.807, 2.05) is 61.5 Å². The Kier molecular flexibility index (Phi) is 4.58. The second-order valence-corrected chi connectivity index (χ2v) is 5.79. The second kappa shape index (κ2) is 6.97. The molecule has 1 heterocycles. The molecule has 3 aromatic rings. The standard InChI is InChI=1S/C21H18N2O/c1-15-10-17(12-19-9-8-18(14-22)16(2)23-19)13-21(11-15)24-20-6-4-3-5-7-20/h3-11,13H,12H2,1-2H3. The molecule has 0 aliphatic rings. The first-order valence-electron chi connectivity index (χ1n) is 7.84. The predicted molar refractivity (Wildman–Crippen MR) is 94.2 cm³/mol. The maximum Gasteiger partial charge on any atom is 0.127 e. The highest BCUT2D eigenvalue weighted by molar-refractivity contribution is 5.40. The Balaban J connectivity index is 1.84. The number of ether oxygens (including phenoxy) is 1. The molecule has 1 aromatic heterocycles. The molecule has 3 heteroatoms. The van der Waals surface area contributed by atoms with Crippen molar-refractivity contribution in [3.8, 4) is 17.6 Å². The molecule has 3 nitrogen and oxygen atoms in total. The molecule has 0 saturated carbocycles. The van der Waals surface area contributed by atoms with Crippen molar-refractivity contribution in [3.63, 3.8) is 0 Å². The van der Waals surface area contributed by atoms with Gasteiger partial charge in [0.25, 0.3) is 0 Å². The number of para-hydroxylation sites is 1. The number of nitriles is 1. The van der Waals surface area contributed by atoms with Crippen LogP contribution in [0.4, 0.5) is 0 Å². The van der Waals surface area contributed by atoms with Gasteiger partial charge in [-0.1, -0.05) is 24.3 Å². The van der Waals surface area contributed by atoms with Crippen LogP contribution in [0.25, 0.3) is 0 Å². The summed E-state index contributed by atoms with van der Waals surface area (Å²) in [5, 5.41) is 9.01. The summed E-state index contributed by atoms with van der Waals surface area (Å²) >= 11 is 0. The summed E-state index contributed by atoms with van der Waals surface area (Å²) in [5.74, 6) is 1.64. The Morgan fingerprint density at radius 2 is 1.75 bits per heavy atom. The van der Waals surface area contributed by atoms with E-state index in [0.29, 0.717) is 12.0 Å². The minimum Gasteiger partial charge on any atom is -0.457 e. The summed E-state index contributed by atoms with van der Waals surface area (Å²) in [5.41, 5.74) is 4.61. The average molecular weight is 314 g/mol. The van der Waals surface area contributed by atoms with Crippen LogP contribution in [0.1, 0.15) is 28.1 Å². The summed E-state index contributed by atoms with van der Waals surface area (Å²) in [7, 11) is 0. The number of hydrogen-bond acceptors (Lipinski definition) is 3. The van der Waals surface area contributed by atoms with E-state index in [4.69, 9.17) is 10.00 Å². The third-order valence-corrected chi connectivity index (χ3v) is 3.74. The minimum atomic E-state index is 0.621. The molecule has 0 aliphatic heterocycles. The van der Waals surface area contributed by atoms with Crippen molar-refractivity contribution in [3.05, 3.63) is 88.7 Å². The van der Waals surface area contributed by atoms with Crippen LogP contribution in [-0.4, -0.2) is 4.98 Å². The molecule has 118 valence electrons. The zero-order valence-corrected chi connectivity index (χ0v) is 13.8. The lowest BCUT2D eigenvalue weighted by Gasteiger charge is -2.10. The van der Waals surface area contributed by atoms with E-state index in [0.717, 1.165) is 34.0 Å². The molecule has 0 fully saturated rings. The lowest BCUT2D eigenvalue weighted by atomic mass is 10.0. The molecule has 24 heavy (non-hydrogen) atoms. The lowest BCUT2D eigenvalue weighted by molar-refractivity contribution is 0.481. The van der Waals surface area contributed by atoms with Gasteiger partial charge in [0.05, 0.1) is 11.3 Å². The molecule has 0 saturated heterocycles.